The minimum Gasteiger partial charge on any atom is -0.244 e. The van der Waals surface area contributed by atoms with E-state index in [4.69, 9.17) is 23.2 Å². The zero-order valence-electron chi connectivity index (χ0n) is 7.59. The zero-order chi connectivity index (χ0) is 9.84. The summed E-state index contributed by atoms with van der Waals surface area (Å²) in [6, 6.07) is 1.82. The van der Waals surface area contributed by atoms with Crippen molar-refractivity contribution in [3.05, 3.63) is 27.9 Å². The lowest BCUT2D eigenvalue weighted by Gasteiger charge is -1.94. The molecule has 70 valence electrons. The van der Waals surface area contributed by atoms with E-state index < -0.39 is 0 Å². The molecule has 1 heterocycles. The quantitative estimate of drug-likeness (QED) is 0.516. The van der Waals surface area contributed by atoms with Gasteiger partial charge in [0.25, 0.3) is 0 Å². The first-order chi connectivity index (χ1) is 6.13. The van der Waals surface area contributed by atoms with Crippen LogP contribution in [0.1, 0.15) is 13.8 Å². The van der Waals surface area contributed by atoms with E-state index in [1.807, 2.05) is 32.1 Å². The average molecular weight is 216 g/mol. The van der Waals surface area contributed by atoms with E-state index in [0.29, 0.717) is 5.15 Å². The summed E-state index contributed by atoms with van der Waals surface area (Å²) < 4.78 is 0. The molecule has 0 aliphatic heterocycles. The van der Waals surface area contributed by atoms with Gasteiger partial charge in [-0.2, -0.15) is 0 Å². The van der Waals surface area contributed by atoms with Gasteiger partial charge in [0.15, 0.2) is 0 Å². The van der Waals surface area contributed by atoms with Gasteiger partial charge >= 0.3 is 0 Å². The monoisotopic (exact) mass is 215 g/mol. The van der Waals surface area contributed by atoms with Gasteiger partial charge in [-0.05, 0) is 30.4 Å². The first-order valence-corrected chi connectivity index (χ1v) is 4.88. The minimum atomic E-state index is -0.00262. The Kier molecular flexibility index (Phi) is 3.76. The van der Waals surface area contributed by atoms with E-state index in [2.05, 4.69) is 4.98 Å². The Morgan fingerprint density at radius 1 is 1.46 bits per heavy atom. The molecule has 0 amide bonds. The fourth-order valence-electron chi connectivity index (χ4n) is 1.09. The summed E-state index contributed by atoms with van der Waals surface area (Å²) in [5.74, 6) is 0. The molecule has 13 heavy (non-hydrogen) atoms. The van der Waals surface area contributed by atoms with Crippen molar-refractivity contribution in [1.82, 2.24) is 4.98 Å². The Balaban J connectivity index is 3.42. The molecule has 0 saturated heterocycles. The van der Waals surface area contributed by atoms with E-state index >= 15 is 0 Å². The van der Waals surface area contributed by atoms with Crippen molar-refractivity contribution in [1.29, 1.82) is 0 Å². The van der Waals surface area contributed by atoms with Crippen molar-refractivity contribution in [2.45, 2.75) is 19.2 Å². The summed E-state index contributed by atoms with van der Waals surface area (Å²) in [4.78, 5) is 3.99. The highest BCUT2D eigenvalue weighted by atomic mass is 35.5. The van der Waals surface area contributed by atoms with Crippen LogP contribution in [-0.2, 0) is 0 Å². The summed E-state index contributed by atoms with van der Waals surface area (Å²) in [6.07, 6.45) is 5.67. The standard InChI is InChI=1S/C10H11Cl2N/c1-3-8-6-13-10(12)5-9(8)4-7(2)11/h3-7H,1-2H3/b8-3-,9-4-. The van der Waals surface area contributed by atoms with Crippen molar-refractivity contribution in [3.8, 4) is 0 Å². The van der Waals surface area contributed by atoms with Crippen LogP contribution in [0.3, 0.4) is 0 Å². The second kappa shape index (κ2) is 4.64. The van der Waals surface area contributed by atoms with Crippen molar-refractivity contribution < 1.29 is 0 Å². The molecule has 0 saturated carbocycles. The van der Waals surface area contributed by atoms with Gasteiger partial charge < -0.3 is 0 Å². The lowest BCUT2D eigenvalue weighted by atomic mass is 10.2. The molecule has 1 unspecified atom stereocenters. The van der Waals surface area contributed by atoms with Gasteiger partial charge in [0.2, 0.25) is 0 Å². The Bertz CT molecular complexity index is 396. The molecule has 0 N–H and O–H groups in total. The molecule has 1 rings (SSSR count). The highest BCUT2D eigenvalue weighted by molar-refractivity contribution is 6.29. The van der Waals surface area contributed by atoms with Crippen LogP contribution in [-0.4, -0.2) is 10.4 Å². The van der Waals surface area contributed by atoms with Gasteiger partial charge in [-0.1, -0.05) is 23.8 Å². The van der Waals surface area contributed by atoms with Gasteiger partial charge in [-0.25, -0.2) is 4.98 Å². The van der Waals surface area contributed by atoms with E-state index in [9.17, 15) is 0 Å². The van der Waals surface area contributed by atoms with Crippen molar-refractivity contribution in [2.75, 3.05) is 0 Å². The predicted octanol–water partition coefficient (Wildman–Crippen LogP) is 1.94. The van der Waals surface area contributed by atoms with Crippen LogP contribution in [0, 0.1) is 0 Å². The number of rotatable bonds is 1. The fourth-order valence-corrected chi connectivity index (χ4v) is 1.39. The molecule has 1 nitrogen and oxygen atoms in total. The topological polar surface area (TPSA) is 12.9 Å². The zero-order valence-corrected chi connectivity index (χ0v) is 9.10. The lowest BCUT2D eigenvalue weighted by Crippen LogP contribution is -2.25. The average Bonchev–Trinajstić information content (AvgIpc) is 2.03. The Hall–Kier alpha value is -0.530. The van der Waals surface area contributed by atoms with E-state index in [1.165, 1.54) is 0 Å². The van der Waals surface area contributed by atoms with E-state index in [-0.39, 0.29) is 5.38 Å². The van der Waals surface area contributed by atoms with Crippen LogP contribution in [0.5, 0.6) is 0 Å². The van der Waals surface area contributed by atoms with E-state index in [1.54, 1.807) is 6.20 Å². The third-order valence-electron chi connectivity index (χ3n) is 1.66. The number of aromatic nitrogens is 1. The van der Waals surface area contributed by atoms with Crippen molar-refractivity contribution >= 4 is 35.4 Å². The summed E-state index contributed by atoms with van der Waals surface area (Å²) in [7, 11) is 0. The normalized spacial score (nSPS) is 16.3. The summed E-state index contributed by atoms with van der Waals surface area (Å²) >= 11 is 11.6. The first kappa shape index (κ1) is 10.6. The summed E-state index contributed by atoms with van der Waals surface area (Å²) in [6.45, 7) is 3.87. The molecule has 1 atom stereocenters. The molecule has 0 aromatic carbocycles. The smallest absolute Gasteiger partial charge is 0.129 e. The first-order valence-electron chi connectivity index (χ1n) is 4.07. The SMILES string of the molecule is C/C=c1/cnc(Cl)c/c1=C/C(C)Cl. The largest absolute Gasteiger partial charge is 0.244 e. The van der Waals surface area contributed by atoms with Gasteiger partial charge in [-0.15, -0.1) is 11.6 Å². The number of halogens is 2. The molecule has 0 radical (unpaired) electrons. The Morgan fingerprint density at radius 3 is 2.69 bits per heavy atom. The van der Waals surface area contributed by atoms with Crippen LogP contribution in [0.25, 0.3) is 12.2 Å². The van der Waals surface area contributed by atoms with Crippen LogP contribution < -0.4 is 10.4 Å². The maximum absolute atomic E-state index is 5.86. The van der Waals surface area contributed by atoms with E-state index in [0.717, 1.165) is 10.4 Å². The maximum atomic E-state index is 5.86. The molecule has 3 heteroatoms. The molecular formula is C10H11Cl2N. The van der Waals surface area contributed by atoms with Crippen molar-refractivity contribution in [2.24, 2.45) is 0 Å². The molecule has 0 aliphatic rings. The lowest BCUT2D eigenvalue weighted by molar-refractivity contribution is 1.24. The van der Waals surface area contributed by atoms with Gasteiger partial charge in [0.05, 0.1) is 0 Å². The van der Waals surface area contributed by atoms with Gasteiger partial charge in [0.1, 0.15) is 5.15 Å². The number of nitrogens with zero attached hydrogens (tertiary/aromatic N) is 1. The number of pyridine rings is 1. The second-order valence-corrected chi connectivity index (χ2v) is 3.84. The molecular weight excluding hydrogens is 205 g/mol. The summed E-state index contributed by atoms with van der Waals surface area (Å²) in [5.41, 5.74) is 0. The molecule has 1 aromatic rings. The van der Waals surface area contributed by atoms with Crippen LogP contribution in [0.15, 0.2) is 12.3 Å². The molecule has 0 spiro atoms. The highest BCUT2D eigenvalue weighted by Crippen LogP contribution is 1.96. The number of hydrogen-bond acceptors (Lipinski definition) is 1. The maximum Gasteiger partial charge on any atom is 0.129 e. The van der Waals surface area contributed by atoms with Gasteiger partial charge in [0, 0.05) is 11.6 Å². The van der Waals surface area contributed by atoms with Crippen LogP contribution in [0.4, 0.5) is 0 Å². The number of alkyl halides is 1. The summed E-state index contributed by atoms with van der Waals surface area (Å²) in [5, 5.41) is 2.58. The Morgan fingerprint density at radius 2 is 2.15 bits per heavy atom. The predicted molar refractivity (Wildman–Crippen MR) is 58.4 cm³/mol. The van der Waals surface area contributed by atoms with Crippen molar-refractivity contribution in [3.63, 3.8) is 0 Å². The molecule has 0 bridgehead atoms. The minimum absolute atomic E-state index is 0.00262. The Labute approximate surface area is 87.7 Å². The fraction of sp³-hybridized carbons (Fsp3) is 0.300. The molecule has 0 aliphatic carbocycles. The number of hydrogen-bond donors (Lipinski definition) is 0. The van der Waals surface area contributed by atoms with Crippen LogP contribution >= 0.6 is 23.2 Å². The second-order valence-electron chi connectivity index (χ2n) is 2.77. The third-order valence-corrected chi connectivity index (χ3v) is 1.99. The molecule has 1 aromatic heterocycles. The third kappa shape index (κ3) is 3.02. The highest BCUT2D eigenvalue weighted by Gasteiger charge is 1.92. The van der Waals surface area contributed by atoms with Gasteiger partial charge in [-0.3, -0.25) is 0 Å². The van der Waals surface area contributed by atoms with Crippen LogP contribution in [0.2, 0.25) is 5.15 Å². The molecule has 0 fully saturated rings.